The second kappa shape index (κ2) is 8.11. The zero-order valence-corrected chi connectivity index (χ0v) is 14.3. The molecule has 0 spiro atoms. The van der Waals surface area contributed by atoms with Gasteiger partial charge in [-0.2, -0.15) is 0 Å². The van der Waals surface area contributed by atoms with E-state index in [4.69, 9.17) is 0 Å². The molecule has 1 aromatic carbocycles. The Kier molecular flexibility index (Phi) is 6.16. The highest BCUT2D eigenvalue weighted by atomic mass is 16.2. The van der Waals surface area contributed by atoms with Crippen LogP contribution in [0, 0.1) is 0 Å². The van der Waals surface area contributed by atoms with Crippen molar-refractivity contribution in [3.05, 3.63) is 30.3 Å². The summed E-state index contributed by atoms with van der Waals surface area (Å²) < 4.78 is 0. The summed E-state index contributed by atoms with van der Waals surface area (Å²) in [5, 5.41) is 2.97. The number of benzene rings is 1. The van der Waals surface area contributed by atoms with Gasteiger partial charge in [-0.15, -0.1) is 0 Å². The van der Waals surface area contributed by atoms with Crippen molar-refractivity contribution in [1.82, 2.24) is 10.2 Å². The molecule has 23 heavy (non-hydrogen) atoms. The highest BCUT2D eigenvalue weighted by Gasteiger charge is 2.30. The van der Waals surface area contributed by atoms with Crippen LogP contribution >= 0.6 is 0 Å². The molecule has 2 unspecified atom stereocenters. The number of anilines is 1. The number of piperidine rings is 1. The van der Waals surface area contributed by atoms with E-state index in [-0.39, 0.29) is 23.9 Å². The van der Waals surface area contributed by atoms with Crippen molar-refractivity contribution < 1.29 is 9.59 Å². The first kappa shape index (κ1) is 17.5. The molecule has 0 aromatic heterocycles. The zero-order chi connectivity index (χ0) is 16.8. The summed E-state index contributed by atoms with van der Waals surface area (Å²) in [6.07, 6.45) is 1.98. The molecule has 126 valence electrons. The standard InChI is InChI=1S/C18H27N3O2/c1-4-21(17-10-6-5-7-11-17)18(23)14(2)20-12-8-9-16(13-20)19-15(3)22/h5-7,10-11,14,16H,4,8-9,12-13H2,1-3H3,(H,19,22). The third-order valence-corrected chi connectivity index (χ3v) is 4.42. The number of carbonyl (C=O) groups is 2. The predicted molar refractivity (Wildman–Crippen MR) is 92.3 cm³/mol. The highest BCUT2D eigenvalue weighted by Crippen LogP contribution is 2.19. The minimum Gasteiger partial charge on any atom is -0.352 e. The van der Waals surface area contributed by atoms with E-state index >= 15 is 0 Å². The predicted octanol–water partition coefficient (Wildman–Crippen LogP) is 2.03. The molecule has 0 aliphatic carbocycles. The Hall–Kier alpha value is -1.88. The van der Waals surface area contributed by atoms with Crippen LogP contribution < -0.4 is 10.2 Å². The molecule has 2 rings (SSSR count). The number of nitrogens with one attached hydrogen (secondary N) is 1. The topological polar surface area (TPSA) is 52.7 Å². The van der Waals surface area contributed by atoms with Gasteiger partial charge in [0.2, 0.25) is 11.8 Å². The average Bonchev–Trinajstić information content (AvgIpc) is 2.55. The van der Waals surface area contributed by atoms with Crippen LogP contribution in [0.25, 0.3) is 0 Å². The van der Waals surface area contributed by atoms with Gasteiger partial charge in [0.1, 0.15) is 0 Å². The monoisotopic (exact) mass is 317 g/mol. The third-order valence-electron chi connectivity index (χ3n) is 4.42. The van der Waals surface area contributed by atoms with E-state index in [2.05, 4.69) is 10.2 Å². The summed E-state index contributed by atoms with van der Waals surface area (Å²) in [5.41, 5.74) is 0.933. The van der Waals surface area contributed by atoms with E-state index in [0.29, 0.717) is 6.54 Å². The summed E-state index contributed by atoms with van der Waals surface area (Å²) >= 11 is 0. The minimum absolute atomic E-state index is 0.00435. The van der Waals surface area contributed by atoms with Crippen molar-refractivity contribution in [2.75, 3.05) is 24.5 Å². The van der Waals surface area contributed by atoms with Crippen molar-refractivity contribution in [3.63, 3.8) is 0 Å². The van der Waals surface area contributed by atoms with Crippen LogP contribution in [0.2, 0.25) is 0 Å². The first-order chi connectivity index (χ1) is 11.0. The molecular weight excluding hydrogens is 290 g/mol. The summed E-state index contributed by atoms with van der Waals surface area (Å²) in [5.74, 6) is 0.109. The van der Waals surface area contributed by atoms with E-state index < -0.39 is 0 Å². The van der Waals surface area contributed by atoms with E-state index in [0.717, 1.165) is 31.6 Å². The number of para-hydroxylation sites is 1. The molecule has 1 saturated heterocycles. The molecule has 5 nitrogen and oxygen atoms in total. The summed E-state index contributed by atoms with van der Waals surface area (Å²) in [7, 11) is 0. The Balaban J connectivity index is 2.04. The number of carbonyl (C=O) groups excluding carboxylic acids is 2. The first-order valence-electron chi connectivity index (χ1n) is 8.40. The number of nitrogens with zero attached hydrogens (tertiary/aromatic N) is 2. The van der Waals surface area contributed by atoms with Gasteiger partial charge in [-0.05, 0) is 45.4 Å². The average molecular weight is 317 g/mol. The largest absolute Gasteiger partial charge is 0.352 e. The van der Waals surface area contributed by atoms with E-state index in [1.165, 1.54) is 0 Å². The van der Waals surface area contributed by atoms with Crippen LogP contribution in [0.5, 0.6) is 0 Å². The van der Waals surface area contributed by atoms with Gasteiger partial charge in [0, 0.05) is 31.7 Å². The first-order valence-corrected chi connectivity index (χ1v) is 8.40. The van der Waals surface area contributed by atoms with Crippen molar-refractivity contribution >= 4 is 17.5 Å². The lowest BCUT2D eigenvalue weighted by Gasteiger charge is -2.38. The van der Waals surface area contributed by atoms with E-state index in [1.807, 2.05) is 49.1 Å². The van der Waals surface area contributed by atoms with E-state index in [9.17, 15) is 9.59 Å². The maximum atomic E-state index is 12.9. The maximum absolute atomic E-state index is 12.9. The highest BCUT2D eigenvalue weighted by molar-refractivity contribution is 5.96. The number of likely N-dealkylation sites (tertiary alicyclic amines) is 1. The number of hydrogen-bond acceptors (Lipinski definition) is 3. The minimum atomic E-state index is -0.188. The molecule has 0 radical (unpaired) electrons. The fraction of sp³-hybridized carbons (Fsp3) is 0.556. The van der Waals surface area contributed by atoms with Crippen molar-refractivity contribution in [1.29, 1.82) is 0 Å². The second-order valence-corrected chi connectivity index (χ2v) is 6.13. The van der Waals surface area contributed by atoms with Crippen LogP contribution in [0.3, 0.4) is 0 Å². The lowest BCUT2D eigenvalue weighted by Crippen LogP contribution is -2.54. The van der Waals surface area contributed by atoms with Gasteiger partial charge in [-0.25, -0.2) is 0 Å². The quantitative estimate of drug-likeness (QED) is 0.904. The van der Waals surface area contributed by atoms with Gasteiger partial charge in [0.05, 0.1) is 6.04 Å². The Bertz CT molecular complexity index is 532. The zero-order valence-electron chi connectivity index (χ0n) is 14.3. The molecule has 1 aromatic rings. The van der Waals surface area contributed by atoms with Gasteiger partial charge in [0.15, 0.2) is 0 Å². The molecule has 0 bridgehead atoms. The van der Waals surface area contributed by atoms with E-state index in [1.54, 1.807) is 6.92 Å². The summed E-state index contributed by atoms with van der Waals surface area (Å²) in [6, 6.07) is 9.73. The maximum Gasteiger partial charge on any atom is 0.244 e. The molecular formula is C18H27N3O2. The smallest absolute Gasteiger partial charge is 0.244 e. The Morgan fingerprint density at radius 1 is 1.35 bits per heavy atom. The van der Waals surface area contributed by atoms with Gasteiger partial charge in [-0.1, -0.05) is 18.2 Å². The number of hydrogen-bond donors (Lipinski definition) is 1. The Morgan fingerprint density at radius 3 is 2.65 bits per heavy atom. The van der Waals surface area contributed by atoms with Crippen molar-refractivity contribution in [2.45, 2.75) is 45.7 Å². The van der Waals surface area contributed by atoms with Crippen molar-refractivity contribution in [3.8, 4) is 0 Å². The van der Waals surface area contributed by atoms with Crippen LogP contribution in [0.4, 0.5) is 5.69 Å². The molecule has 1 N–H and O–H groups in total. The summed E-state index contributed by atoms with van der Waals surface area (Å²) in [4.78, 5) is 28.2. The molecule has 1 aliphatic heterocycles. The summed E-state index contributed by atoms with van der Waals surface area (Å²) in [6.45, 7) is 7.78. The molecule has 1 aliphatic rings. The normalized spacial score (nSPS) is 19.9. The fourth-order valence-electron chi connectivity index (χ4n) is 3.22. The number of likely N-dealkylation sites (N-methyl/N-ethyl adjacent to an activating group) is 1. The van der Waals surface area contributed by atoms with Gasteiger partial charge >= 0.3 is 0 Å². The van der Waals surface area contributed by atoms with Gasteiger partial charge < -0.3 is 10.2 Å². The van der Waals surface area contributed by atoms with Crippen LogP contribution in [-0.4, -0.2) is 48.4 Å². The van der Waals surface area contributed by atoms with Crippen LogP contribution in [0.1, 0.15) is 33.6 Å². The number of amides is 2. The van der Waals surface area contributed by atoms with Gasteiger partial charge in [-0.3, -0.25) is 14.5 Å². The Morgan fingerprint density at radius 2 is 2.04 bits per heavy atom. The third kappa shape index (κ3) is 4.55. The number of rotatable bonds is 5. The molecule has 2 atom stereocenters. The SMILES string of the molecule is CCN(C(=O)C(C)N1CCCC(NC(C)=O)C1)c1ccccc1. The van der Waals surface area contributed by atoms with Gasteiger partial charge in [0.25, 0.3) is 0 Å². The Labute approximate surface area is 138 Å². The molecule has 1 heterocycles. The lowest BCUT2D eigenvalue weighted by molar-refractivity contribution is -0.123. The molecule has 0 saturated carbocycles. The van der Waals surface area contributed by atoms with Crippen LogP contribution in [0.15, 0.2) is 30.3 Å². The molecule has 2 amide bonds. The molecule has 5 heteroatoms. The fourth-order valence-corrected chi connectivity index (χ4v) is 3.22. The molecule has 1 fully saturated rings. The van der Waals surface area contributed by atoms with Crippen LogP contribution in [-0.2, 0) is 9.59 Å². The second-order valence-electron chi connectivity index (χ2n) is 6.13. The lowest BCUT2D eigenvalue weighted by atomic mass is 10.0. The van der Waals surface area contributed by atoms with Crippen molar-refractivity contribution in [2.24, 2.45) is 0 Å².